The first kappa shape index (κ1) is 26.3. The van der Waals surface area contributed by atoms with Gasteiger partial charge in [-0.2, -0.15) is 0 Å². The van der Waals surface area contributed by atoms with Crippen LogP contribution in [0, 0.1) is 0 Å². The lowest BCUT2D eigenvalue weighted by molar-refractivity contribution is -0.282. The molecule has 9 heteroatoms. The highest BCUT2D eigenvalue weighted by Gasteiger charge is 2.52. The van der Waals surface area contributed by atoms with Crippen molar-refractivity contribution in [3.8, 4) is 0 Å². The summed E-state index contributed by atoms with van der Waals surface area (Å²) in [6.07, 6.45) is -4.67. The molecule has 0 saturated carbocycles. The first-order valence-corrected chi connectivity index (χ1v) is 11.4. The van der Waals surface area contributed by atoms with E-state index in [1.54, 1.807) is 0 Å². The van der Waals surface area contributed by atoms with Crippen LogP contribution in [-0.4, -0.2) is 65.2 Å². The van der Waals surface area contributed by atoms with Crippen LogP contribution < -0.4 is 0 Å². The Balaban J connectivity index is 2.00. The molecule has 188 valence electrons. The molecule has 1 unspecified atom stereocenters. The summed E-state index contributed by atoms with van der Waals surface area (Å²) in [6, 6.07) is 18.3. The van der Waals surface area contributed by atoms with Crippen LogP contribution in [0.5, 0.6) is 0 Å². The average Bonchev–Trinajstić information content (AvgIpc) is 2.80. The first-order chi connectivity index (χ1) is 16.7. The highest BCUT2D eigenvalue weighted by atomic mass is 16.7. The maximum Gasteiger partial charge on any atom is 0.303 e. The van der Waals surface area contributed by atoms with Crippen LogP contribution in [0.4, 0.5) is 0 Å². The van der Waals surface area contributed by atoms with Gasteiger partial charge in [-0.15, -0.1) is 0 Å². The molecule has 1 fully saturated rings. The van der Waals surface area contributed by atoms with E-state index in [1.165, 1.54) is 20.8 Å². The van der Waals surface area contributed by atoms with Crippen molar-refractivity contribution in [3.05, 3.63) is 71.8 Å². The molecule has 1 N–H and O–H groups in total. The van der Waals surface area contributed by atoms with Gasteiger partial charge in [0.05, 0.1) is 0 Å². The van der Waals surface area contributed by atoms with E-state index in [4.69, 9.17) is 18.9 Å². The van der Waals surface area contributed by atoms with Gasteiger partial charge in [0.2, 0.25) is 0 Å². The highest BCUT2D eigenvalue weighted by molar-refractivity contribution is 5.68. The van der Waals surface area contributed by atoms with E-state index in [1.807, 2.05) is 65.6 Å². The van der Waals surface area contributed by atoms with Gasteiger partial charge < -0.3 is 24.1 Å². The fourth-order valence-corrected chi connectivity index (χ4v) is 4.19. The SMILES string of the molecule is CC(=O)OC[C@H]1OC(O)[C@H](N(Cc2ccccc2)Cc2ccccc2)[C@@H](OC(C)=O)[C@@H]1OC(C)=O. The van der Waals surface area contributed by atoms with Crippen molar-refractivity contribution in [2.75, 3.05) is 6.61 Å². The molecule has 1 aliphatic heterocycles. The number of hydrogen-bond donors (Lipinski definition) is 1. The third-order valence-electron chi connectivity index (χ3n) is 5.57. The van der Waals surface area contributed by atoms with Gasteiger partial charge >= 0.3 is 17.9 Å². The molecular formula is C26H31NO8. The van der Waals surface area contributed by atoms with Crippen LogP contribution in [0.15, 0.2) is 60.7 Å². The Morgan fingerprint density at radius 2 is 1.29 bits per heavy atom. The molecule has 0 bridgehead atoms. The molecule has 1 heterocycles. The third-order valence-corrected chi connectivity index (χ3v) is 5.57. The maximum atomic E-state index is 12.1. The zero-order valence-corrected chi connectivity index (χ0v) is 20.0. The predicted octanol–water partition coefficient (Wildman–Crippen LogP) is 2.20. The summed E-state index contributed by atoms with van der Waals surface area (Å²) < 4.78 is 22.0. The summed E-state index contributed by atoms with van der Waals surface area (Å²) in [7, 11) is 0. The molecule has 35 heavy (non-hydrogen) atoms. The van der Waals surface area contributed by atoms with E-state index in [0.717, 1.165) is 11.1 Å². The second-order valence-corrected chi connectivity index (χ2v) is 8.38. The van der Waals surface area contributed by atoms with Crippen LogP contribution in [0.1, 0.15) is 31.9 Å². The first-order valence-electron chi connectivity index (χ1n) is 11.4. The standard InChI is InChI=1S/C26H31NO8/c1-17(28)32-16-22-24(33-18(2)29)25(34-19(3)30)23(26(31)35-22)27(14-20-10-6-4-7-11-20)15-21-12-8-5-9-13-21/h4-13,22-26,31H,14-16H2,1-3H3/t22-,23-,24-,25-,26?/m1/s1. The van der Waals surface area contributed by atoms with E-state index in [0.29, 0.717) is 13.1 Å². The number of nitrogens with zero attached hydrogens (tertiary/aromatic N) is 1. The number of carbonyl (C=O) groups is 3. The lowest BCUT2D eigenvalue weighted by Crippen LogP contribution is -2.65. The number of esters is 3. The van der Waals surface area contributed by atoms with Gasteiger partial charge in [0, 0.05) is 33.9 Å². The van der Waals surface area contributed by atoms with Crippen LogP contribution in [-0.2, 0) is 46.4 Å². The summed E-state index contributed by atoms with van der Waals surface area (Å²) in [6.45, 7) is 4.18. The molecular weight excluding hydrogens is 454 g/mol. The number of ether oxygens (including phenoxy) is 4. The minimum Gasteiger partial charge on any atom is -0.463 e. The summed E-state index contributed by atoms with van der Waals surface area (Å²) in [5.41, 5.74) is 1.92. The van der Waals surface area contributed by atoms with Gasteiger partial charge in [0.15, 0.2) is 18.5 Å². The molecule has 2 aromatic carbocycles. The molecule has 0 aromatic heterocycles. The lowest BCUT2D eigenvalue weighted by atomic mass is 9.94. The smallest absolute Gasteiger partial charge is 0.303 e. The second-order valence-electron chi connectivity index (χ2n) is 8.38. The Labute approximate surface area is 204 Å². The molecule has 5 atom stereocenters. The van der Waals surface area contributed by atoms with Gasteiger partial charge in [-0.3, -0.25) is 19.3 Å². The number of aliphatic hydroxyl groups excluding tert-OH is 1. The number of carbonyl (C=O) groups excluding carboxylic acids is 3. The fourth-order valence-electron chi connectivity index (χ4n) is 4.19. The van der Waals surface area contributed by atoms with Crippen molar-refractivity contribution in [1.82, 2.24) is 4.90 Å². The maximum absolute atomic E-state index is 12.1. The van der Waals surface area contributed by atoms with Crippen LogP contribution in [0.25, 0.3) is 0 Å². The molecule has 0 radical (unpaired) electrons. The highest BCUT2D eigenvalue weighted by Crippen LogP contribution is 2.31. The Morgan fingerprint density at radius 1 is 0.800 bits per heavy atom. The summed E-state index contributed by atoms with van der Waals surface area (Å²) in [5, 5.41) is 11.1. The fraction of sp³-hybridized carbons (Fsp3) is 0.423. The van der Waals surface area contributed by atoms with Gasteiger partial charge in [-0.25, -0.2) is 0 Å². The number of benzene rings is 2. The predicted molar refractivity (Wildman–Crippen MR) is 125 cm³/mol. The second kappa shape index (κ2) is 12.4. The van der Waals surface area contributed by atoms with Crippen molar-refractivity contribution in [2.24, 2.45) is 0 Å². The minimum absolute atomic E-state index is 0.286. The van der Waals surface area contributed by atoms with Gasteiger partial charge in [-0.05, 0) is 11.1 Å². The molecule has 1 aliphatic rings. The summed E-state index contributed by atoms with van der Waals surface area (Å²) >= 11 is 0. The number of hydrogen-bond acceptors (Lipinski definition) is 9. The van der Waals surface area contributed by atoms with Gasteiger partial charge in [0.25, 0.3) is 0 Å². The van der Waals surface area contributed by atoms with Crippen molar-refractivity contribution in [1.29, 1.82) is 0 Å². The van der Waals surface area contributed by atoms with Crippen molar-refractivity contribution < 1.29 is 38.4 Å². The molecule has 1 saturated heterocycles. The van der Waals surface area contributed by atoms with E-state index in [-0.39, 0.29) is 6.61 Å². The minimum atomic E-state index is -1.43. The van der Waals surface area contributed by atoms with Gasteiger partial charge in [-0.1, -0.05) is 60.7 Å². The summed E-state index contributed by atoms with van der Waals surface area (Å²) in [5.74, 6) is -1.81. The normalized spacial score (nSPS) is 24.0. The number of rotatable bonds is 9. The Morgan fingerprint density at radius 3 is 1.74 bits per heavy atom. The largest absolute Gasteiger partial charge is 0.463 e. The van der Waals surface area contributed by atoms with Crippen molar-refractivity contribution >= 4 is 17.9 Å². The summed E-state index contributed by atoms with van der Waals surface area (Å²) in [4.78, 5) is 37.4. The average molecular weight is 486 g/mol. The zero-order chi connectivity index (χ0) is 25.4. The quantitative estimate of drug-likeness (QED) is 0.422. The van der Waals surface area contributed by atoms with E-state index < -0.39 is 48.6 Å². The van der Waals surface area contributed by atoms with E-state index in [9.17, 15) is 19.5 Å². The lowest BCUT2D eigenvalue weighted by Gasteiger charge is -2.47. The van der Waals surface area contributed by atoms with Crippen LogP contribution in [0.2, 0.25) is 0 Å². The van der Waals surface area contributed by atoms with Crippen molar-refractivity contribution in [2.45, 2.75) is 64.5 Å². The van der Waals surface area contributed by atoms with Gasteiger partial charge in [0.1, 0.15) is 18.8 Å². The Kier molecular flexibility index (Phi) is 9.36. The molecule has 9 nitrogen and oxygen atoms in total. The van der Waals surface area contributed by atoms with E-state index >= 15 is 0 Å². The third kappa shape index (κ3) is 7.61. The Bertz CT molecular complexity index is 942. The molecule has 0 amide bonds. The van der Waals surface area contributed by atoms with Crippen LogP contribution in [0.3, 0.4) is 0 Å². The monoisotopic (exact) mass is 485 g/mol. The molecule has 3 rings (SSSR count). The topological polar surface area (TPSA) is 112 Å². The Hall–Kier alpha value is -3.27. The molecule has 0 aliphatic carbocycles. The zero-order valence-electron chi connectivity index (χ0n) is 20.0. The molecule has 2 aromatic rings. The molecule has 0 spiro atoms. The number of aliphatic hydroxyl groups is 1. The van der Waals surface area contributed by atoms with Crippen molar-refractivity contribution in [3.63, 3.8) is 0 Å². The van der Waals surface area contributed by atoms with E-state index in [2.05, 4.69) is 0 Å². The van der Waals surface area contributed by atoms with Crippen LogP contribution >= 0.6 is 0 Å².